The molecule has 0 saturated heterocycles. The van der Waals surface area contributed by atoms with E-state index in [0.717, 1.165) is 11.8 Å². The quantitative estimate of drug-likeness (QED) is 0.575. The molecule has 0 aliphatic carbocycles. The zero-order chi connectivity index (χ0) is 10.7. The molecular formula is C9H11FN2OS. The van der Waals surface area contributed by atoms with Crippen LogP contribution in [0.4, 0.5) is 14.9 Å². The summed E-state index contributed by atoms with van der Waals surface area (Å²) in [5.74, 6) is -0.499. The third kappa shape index (κ3) is 2.63. The van der Waals surface area contributed by atoms with Crippen LogP contribution in [0.5, 0.6) is 0 Å². The van der Waals surface area contributed by atoms with Crippen molar-refractivity contribution in [3.05, 3.63) is 24.0 Å². The maximum Gasteiger partial charge on any atom is 0.285 e. The minimum Gasteiger partial charge on any atom is -0.396 e. The van der Waals surface area contributed by atoms with Gasteiger partial charge in [-0.2, -0.15) is 0 Å². The second kappa shape index (κ2) is 4.32. The first-order chi connectivity index (χ1) is 6.50. The number of thioether (sulfide) groups is 1. The summed E-state index contributed by atoms with van der Waals surface area (Å²) in [7, 11) is 3.28. The van der Waals surface area contributed by atoms with E-state index in [-0.39, 0.29) is 10.9 Å². The number of halogens is 1. The van der Waals surface area contributed by atoms with Gasteiger partial charge in [0.25, 0.3) is 5.24 Å². The number of amides is 1. The van der Waals surface area contributed by atoms with Crippen LogP contribution in [-0.4, -0.2) is 24.2 Å². The molecule has 0 aromatic heterocycles. The number of hydrogen-bond acceptors (Lipinski definition) is 3. The van der Waals surface area contributed by atoms with E-state index in [0.29, 0.717) is 4.90 Å². The summed E-state index contributed by atoms with van der Waals surface area (Å²) in [4.78, 5) is 13.2. The Morgan fingerprint density at radius 3 is 2.64 bits per heavy atom. The van der Waals surface area contributed by atoms with Crippen molar-refractivity contribution in [1.82, 2.24) is 4.90 Å². The van der Waals surface area contributed by atoms with Crippen molar-refractivity contribution in [1.29, 1.82) is 0 Å². The van der Waals surface area contributed by atoms with Gasteiger partial charge in [0.2, 0.25) is 0 Å². The highest BCUT2D eigenvalue weighted by molar-refractivity contribution is 8.13. The SMILES string of the molecule is CN(C)C(=O)Sc1ccc(N)c(F)c1. The molecule has 1 aromatic carbocycles. The van der Waals surface area contributed by atoms with Crippen molar-refractivity contribution < 1.29 is 9.18 Å². The number of hydrogen-bond donors (Lipinski definition) is 1. The van der Waals surface area contributed by atoms with Gasteiger partial charge >= 0.3 is 0 Å². The molecule has 0 fully saturated rings. The predicted molar refractivity (Wildman–Crippen MR) is 55.8 cm³/mol. The molecule has 1 aromatic rings. The normalized spacial score (nSPS) is 9.93. The molecule has 1 amide bonds. The number of anilines is 1. The first-order valence-corrected chi connectivity index (χ1v) is 4.76. The number of nitrogen functional groups attached to an aromatic ring is 1. The van der Waals surface area contributed by atoms with Gasteiger partial charge in [-0.15, -0.1) is 0 Å². The Bertz CT molecular complexity index is 355. The number of nitrogens with two attached hydrogens (primary N) is 1. The maximum atomic E-state index is 13.0. The third-order valence-corrected chi connectivity index (χ3v) is 2.57. The number of benzene rings is 1. The number of rotatable bonds is 1. The molecule has 0 radical (unpaired) electrons. The monoisotopic (exact) mass is 214 g/mol. The van der Waals surface area contributed by atoms with Crippen LogP contribution in [0.2, 0.25) is 0 Å². The fraction of sp³-hybridized carbons (Fsp3) is 0.222. The van der Waals surface area contributed by atoms with Crippen LogP contribution in [-0.2, 0) is 0 Å². The molecule has 3 nitrogen and oxygen atoms in total. The summed E-state index contributed by atoms with van der Waals surface area (Å²) in [6.45, 7) is 0. The molecule has 0 heterocycles. The van der Waals surface area contributed by atoms with Crippen LogP contribution < -0.4 is 5.73 Å². The molecular weight excluding hydrogens is 203 g/mol. The lowest BCUT2D eigenvalue weighted by molar-refractivity contribution is 0.241. The summed E-state index contributed by atoms with van der Waals surface area (Å²) in [6, 6.07) is 4.31. The third-order valence-electron chi connectivity index (χ3n) is 1.54. The molecule has 0 spiro atoms. The van der Waals surface area contributed by atoms with Gasteiger partial charge < -0.3 is 10.6 Å². The molecule has 0 atom stereocenters. The van der Waals surface area contributed by atoms with E-state index in [1.54, 1.807) is 20.2 Å². The van der Waals surface area contributed by atoms with E-state index in [9.17, 15) is 9.18 Å². The Hall–Kier alpha value is -1.23. The molecule has 5 heteroatoms. The number of carbonyl (C=O) groups is 1. The van der Waals surface area contributed by atoms with Gasteiger partial charge in [0.05, 0.1) is 5.69 Å². The fourth-order valence-electron chi connectivity index (χ4n) is 0.763. The molecule has 0 unspecified atom stereocenters. The van der Waals surface area contributed by atoms with E-state index < -0.39 is 5.82 Å². The van der Waals surface area contributed by atoms with Crippen molar-refractivity contribution in [2.24, 2.45) is 0 Å². The average Bonchev–Trinajstić information content (AvgIpc) is 2.11. The van der Waals surface area contributed by atoms with E-state index in [4.69, 9.17) is 5.73 Å². The molecule has 0 aliphatic heterocycles. The van der Waals surface area contributed by atoms with Crippen molar-refractivity contribution in [2.45, 2.75) is 4.90 Å². The molecule has 2 N–H and O–H groups in total. The number of nitrogens with zero attached hydrogens (tertiary/aromatic N) is 1. The topological polar surface area (TPSA) is 46.3 Å². The summed E-state index contributed by atoms with van der Waals surface area (Å²) in [6.07, 6.45) is 0. The minimum absolute atomic E-state index is 0.0895. The van der Waals surface area contributed by atoms with E-state index in [1.165, 1.54) is 17.0 Å². The Kier molecular flexibility index (Phi) is 3.35. The Morgan fingerprint density at radius 2 is 2.14 bits per heavy atom. The highest BCUT2D eigenvalue weighted by atomic mass is 32.2. The highest BCUT2D eigenvalue weighted by Crippen LogP contribution is 2.23. The van der Waals surface area contributed by atoms with Gasteiger partial charge in [-0.05, 0) is 30.0 Å². The largest absolute Gasteiger partial charge is 0.396 e. The van der Waals surface area contributed by atoms with E-state index in [1.807, 2.05) is 0 Å². The Balaban J connectivity index is 2.78. The first kappa shape index (κ1) is 10.8. The van der Waals surface area contributed by atoms with Gasteiger partial charge in [0.15, 0.2) is 0 Å². The fourth-order valence-corrected chi connectivity index (χ4v) is 1.45. The van der Waals surface area contributed by atoms with Crippen molar-refractivity contribution in [3.63, 3.8) is 0 Å². The smallest absolute Gasteiger partial charge is 0.285 e. The molecule has 76 valence electrons. The summed E-state index contributed by atoms with van der Waals surface area (Å²) in [5, 5.41) is -0.144. The van der Waals surface area contributed by atoms with Gasteiger partial charge in [0, 0.05) is 19.0 Å². The van der Waals surface area contributed by atoms with Crippen molar-refractivity contribution in [3.8, 4) is 0 Å². The lowest BCUT2D eigenvalue weighted by Crippen LogP contribution is -2.16. The molecule has 0 bridgehead atoms. The zero-order valence-corrected chi connectivity index (χ0v) is 8.77. The van der Waals surface area contributed by atoms with E-state index in [2.05, 4.69) is 0 Å². The van der Waals surface area contributed by atoms with Crippen LogP contribution in [0.15, 0.2) is 23.1 Å². The van der Waals surface area contributed by atoms with Crippen LogP contribution in [0.3, 0.4) is 0 Å². The minimum atomic E-state index is -0.499. The van der Waals surface area contributed by atoms with Gasteiger partial charge in [-0.25, -0.2) is 4.39 Å². The van der Waals surface area contributed by atoms with Crippen LogP contribution in [0.25, 0.3) is 0 Å². The second-order valence-electron chi connectivity index (χ2n) is 2.95. The molecule has 0 aliphatic rings. The zero-order valence-electron chi connectivity index (χ0n) is 7.95. The van der Waals surface area contributed by atoms with Crippen molar-refractivity contribution >= 4 is 22.7 Å². The van der Waals surface area contributed by atoms with E-state index >= 15 is 0 Å². The van der Waals surface area contributed by atoms with Crippen molar-refractivity contribution in [2.75, 3.05) is 19.8 Å². The lowest BCUT2D eigenvalue weighted by atomic mass is 10.3. The summed E-state index contributed by atoms with van der Waals surface area (Å²) in [5.41, 5.74) is 5.39. The number of carbonyl (C=O) groups excluding carboxylic acids is 1. The average molecular weight is 214 g/mol. The summed E-state index contributed by atoms with van der Waals surface area (Å²) >= 11 is 0.966. The van der Waals surface area contributed by atoms with Gasteiger partial charge in [-0.1, -0.05) is 0 Å². The maximum absolute atomic E-state index is 13.0. The standard InChI is InChI=1S/C9H11FN2OS/c1-12(2)9(13)14-6-3-4-8(11)7(10)5-6/h3-5H,11H2,1-2H3. The second-order valence-corrected chi connectivity index (χ2v) is 3.97. The molecule has 14 heavy (non-hydrogen) atoms. The Labute approximate surface area is 86.1 Å². The van der Waals surface area contributed by atoms with Crippen LogP contribution >= 0.6 is 11.8 Å². The summed E-state index contributed by atoms with van der Waals surface area (Å²) < 4.78 is 13.0. The molecule has 1 rings (SSSR count). The van der Waals surface area contributed by atoms with Gasteiger partial charge in [0.1, 0.15) is 5.82 Å². The van der Waals surface area contributed by atoms with Crippen LogP contribution in [0.1, 0.15) is 0 Å². The molecule has 0 saturated carbocycles. The lowest BCUT2D eigenvalue weighted by Gasteiger charge is -2.09. The first-order valence-electron chi connectivity index (χ1n) is 3.95. The predicted octanol–water partition coefficient (Wildman–Crippen LogP) is 2.18. The highest BCUT2D eigenvalue weighted by Gasteiger charge is 2.08. The van der Waals surface area contributed by atoms with Gasteiger partial charge in [-0.3, -0.25) is 4.79 Å². The Morgan fingerprint density at radius 1 is 1.50 bits per heavy atom. The van der Waals surface area contributed by atoms with Crippen LogP contribution in [0, 0.1) is 5.82 Å².